The summed E-state index contributed by atoms with van der Waals surface area (Å²) in [6.07, 6.45) is 7.08. The van der Waals surface area contributed by atoms with Gasteiger partial charge in [-0.1, -0.05) is 6.42 Å². The minimum atomic E-state index is -0.805. The molecule has 104 valence electrons. The van der Waals surface area contributed by atoms with Crippen LogP contribution in [0.2, 0.25) is 0 Å². The molecule has 1 aromatic rings. The average molecular weight is 263 g/mol. The van der Waals surface area contributed by atoms with Gasteiger partial charge in [-0.15, -0.1) is 0 Å². The lowest BCUT2D eigenvalue weighted by molar-refractivity contribution is -0.146. The maximum Gasteiger partial charge on any atom is 0.310 e. The molecule has 0 aromatic carbocycles. The van der Waals surface area contributed by atoms with Gasteiger partial charge in [0.1, 0.15) is 12.1 Å². The number of aliphatic carboxylic acids is 1. The van der Waals surface area contributed by atoms with Gasteiger partial charge in [0.05, 0.1) is 5.41 Å². The Morgan fingerprint density at radius 3 is 2.79 bits per heavy atom. The van der Waals surface area contributed by atoms with Crippen molar-refractivity contribution in [3.63, 3.8) is 0 Å². The molecule has 0 atom stereocenters. The van der Waals surface area contributed by atoms with Crippen LogP contribution >= 0.6 is 0 Å². The predicted octanol–water partition coefficient (Wildman–Crippen LogP) is 2.27. The topological polar surface area (TPSA) is 75.1 Å². The molecule has 0 saturated heterocycles. The van der Waals surface area contributed by atoms with Crippen molar-refractivity contribution in [3.8, 4) is 0 Å². The number of aromatic nitrogens is 2. The lowest BCUT2D eigenvalue weighted by Crippen LogP contribution is -2.32. The monoisotopic (exact) mass is 263 g/mol. The molecule has 0 spiro atoms. The molecule has 0 aliphatic heterocycles. The van der Waals surface area contributed by atoms with E-state index in [-0.39, 0.29) is 0 Å². The summed E-state index contributed by atoms with van der Waals surface area (Å²) in [4.78, 5) is 19.7. The summed E-state index contributed by atoms with van der Waals surface area (Å²) in [5, 5.41) is 12.3. The molecule has 5 nitrogen and oxygen atoms in total. The van der Waals surface area contributed by atoms with E-state index in [2.05, 4.69) is 15.3 Å². The summed E-state index contributed by atoms with van der Waals surface area (Å²) in [7, 11) is 0. The Bertz CT molecular complexity index is 472. The first kappa shape index (κ1) is 13.8. The van der Waals surface area contributed by atoms with E-state index in [4.69, 9.17) is 5.11 Å². The fourth-order valence-corrected chi connectivity index (χ4v) is 2.23. The number of carboxylic acids is 1. The highest BCUT2D eigenvalue weighted by Gasteiger charge is 2.27. The number of carboxylic acid groups (broad SMARTS) is 1. The van der Waals surface area contributed by atoms with Crippen molar-refractivity contribution in [2.75, 3.05) is 11.9 Å². The molecule has 0 amide bonds. The highest BCUT2D eigenvalue weighted by molar-refractivity contribution is 5.74. The number of fused-ring (bicyclic) bond motifs is 1. The zero-order chi connectivity index (χ0) is 13.9. The van der Waals surface area contributed by atoms with E-state index in [1.807, 2.05) is 0 Å². The fourth-order valence-electron chi connectivity index (χ4n) is 2.23. The largest absolute Gasteiger partial charge is 0.481 e. The smallest absolute Gasteiger partial charge is 0.310 e. The maximum atomic E-state index is 11.1. The molecule has 1 aliphatic carbocycles. The van der Waals surface area contributed by atoms with E-state index >= 15 is 0 Å². The second-order valence-corrected chi connectivity index (χ2v) is 5.75. The SMILES string of the molecule is CC(C)(CNc1ncnc2c1CCCCC2)C(=O)O. The van der Waals surface area contributed by atoms with Crippen LogP contribution in [0.5, 0.6) is 0 Å². The average Bonchev–Trinajstić information content (AvgIpc) is 2.61. The molecular weight excluding hydrogens is 242 g/mol. The third kappa shape index (κ3) is 3.22. The number of carbonyl (C=O) groups is 1. The van der Waals surface area contributed by atoms with E-state index in [9.17, 15) is 4.79 Å². The molecule has 1 aromatic heterocycles. The molecule has 0 bridgehead atoms. The molecule has 1 heterocycles. The van der Waals surface area contributed by atoms with Gasteiger partial charge in [-0.2, -0.15) is 0 Å². The standard InChI is InChI=1S/C14H21N3O2/c1-14(2,13(18)19)8-15-12-10-6-4-3-5-7-11(10)16-9-17-12/h9H,3-8H2,1-2H3,(H,18,19)(H,15,16,17). The molecule has 0 radical (unpaired) electrons. The number of nitrogens with one attached hydrogen (secondary N) is 1. The van der Waals surface area contributed by atoms with Crippen LogP contribution in [-0.2, 0) is 17.6 Å². The Kier molecular flexibility index (Phi) is 4.02. The minimum absolute atomic E-state index is 0.367. The Hall–Kier alpha value is -1.65. The van der Waals surface area contributed by atoms with Crippen molar-refractivity contribution in [3.05, 3.63) is 17.6 Å². The number of aryl methyl sites for hydroxylation is 1. The van der Waals surface area contributed by atoms with Crippen LogP contribution in [0.3, 0.4) is 0 Å². The van der Waals surface area contributed by atoms with Gasteiger partial charge in [0.15, 0.2) is 0 Å². The second kappa shape index (κ2) is 5.55. The summed E-state index contributed by atoms with van der Waals surface area (Å²) in [6.45, 7) is 3.79. The Morgan fingerprint density at radius 1 is 1.32 bits per heavy atom. The van der Waals surface area contributed by atoms with E-state index < -0.39 is 11.4 Å². The molecule has 2 N–H and O–H groups in total. The second-order valence-electron chi connectivity index (χ2n) is 5.75. The quantitative estimate of drug-likeness (QED) is 0.815. The Balaban J connectivity index is 2.15. The van der Waals surface area contributed by atoms with Crippen molar-refractivity contribution in [1.82, 2.24) is 9.97 Å². The Morgan fingerprint density at radius 2 is 2.05 bits per heavy atom. The van der Waals surface area contributed by atoms with Crippen molar-refractivity contribution >= 4 is 11.8 Å². The van der Waals surface area contributed by atoms with Crippen molar-refractivity contribution in [1.29, 1.82) is 0 Å². The first-order valence-corrected chi connectivity index (χ1v) is 6.81. The fraction of sp³-hybridized carbons (Fsp3) is 0.643. The molecule has 0 fully saturated rings. The molecule has 0 unspecified atom stereocenters. The van der Waals surface area contributed by atoms with Crippen LogP contribution < -0.4 is 5.32 Å². The van der Waals surface area contributed by atoms with Gasteiger partial charge in [0.25, 0.3) is 0 Å². The van der Waals surface area contributed by atoms with Crippen LogP contribution in [0.1, 0.15) is 44.4 Å². The van der Waals surface area contributed by atoms with Crippen LogP contribution in [0.25, 0.3) is 0 Å². The van der Waals surface area contributed by atoms with E-state index in [1.54, 1.807) is 20.2 Å². The molecule has 1 aliphatic rings. The van der Waals surface area contributed by atoms with Crippen molar-refractivity contribution < 1.29 is 9.90 Å². The number of hydrogen-bond acceptors (Lipinski definition) is 4. The van der Waals surface area contributed by atoms with Gasteiger partial charge < -0.3 is 10.4 Å². The lowest BCUT2D eigenvalue weighted by atomic mass is 9.94. The predicted molar refractivity (Wildman–Crippen MR) is 73.2 cm³/mol. The minimum Gasteiger partial charge on any atom is -0.481 e. The van der Waals surface area contributed by atoms with E-state index in [0.29, 0.717) is 6.54 Å². The first-order chi connectivity index (χ1) is 9.00. The van der Waals surface area contributed by atoms with Gasteiger partial charge >= 0.3 is 5.97 Å². The van der Waals surface area contributed by atoms with Gasteiger partial charge in [0.2, 0.25) is 0 Å². The van der Waals surface area contributed by atoms with Gasteiger partial charge in [0, 0.05) is 17.8 Å². The number of rotatable bonds is 4. The van der Waals surface area contributed by atoms with Gasteiger partial charge in [-0.25, -0.2) is 9.97 Å². The number of nitrogens with zero attached hydrogens (tertiary/aromatic N) is 2. The molecule has 19 heavy (non-hydrogen) atoms. The molecular formula is C14H21N3O2. The first-order valence-electron chi connectivity index (χ1n) is 6.81. The normalized spacial score (nSPS) is 15.5. The molecule has 0 saturated carbocycles. The van der Waals surface area contributed by atoms with E-state index in [1.165, 1.54) is 18.4 Å². The maximum absolute atomic E-state index is 11.1. The summed E-state index contributed by atoms with van der Waals surface area (Å²) in [5.41, 5.74) is 1.48. The summed E-state index contributed by atoms with van der Waals surface area (Å²) in [6, 6.07) is 0. The zero-order valence-electron chi connectivity index (χ0n) is 11.6. The highest BCUT2D eigenvalue weighted by Crippen LogP contribution is 2.25. The molecule has 2 rings (SSSR count). The molecule has 5 heteroatoms. The summed E-state index contributed by atoms with van der Waals surface area (Å²) >= 11 is 0. The third-order valence-corrected chi connectivity index (χ3v) is 3.65. The zero-order valence-corrected chi connectivity index (χ0v) is 11.6. The van der Waals surface area contributed by atoms with Gasteiger partial charge in [-0.3, -0.25) is 4.79 Å². The summed E-state index contributed by atoms with van der Waals surface area (Å²) in [5.74, 6) is 0.00127. The number of hydrogen-bond donors (Lipinski definition) is 2. The summed E-state index contributed by atoms with van der Waals surface area (Å²) < 4.78 is 0. The lowest BCUT2D eigenvalue weighted by Gasteiger charge is -2.21. The number of anilines is 1. The third-order valence-electron chi connectivity index (χ3n) is 3.65. The van der Waals surface area contributed by atoms with Crippen LogP contribution in [0, 0.1) is 5.41 Å². The van der Waals surface area contributed by atoms with Crippen molar-refractivity contribution in [2.24, 2.45) is 5.41 Å². The van der Waals surface area contributed by atoms with Crippen molar-refractivity contribution in [2.45, 2.75) is 46.0 Å². The van der Waals surface area contributed by atoms with Crippen LogP contribution in [-0.4, -0.2) is 27.6 Å². The highest BCUT2D eigenvalue weighted by atomic mass is 16.4. The van der Waals surface area contributed by atoms with Gasteiger partial charge in [-0.05, 0) is 39.5 Å². The van der Waals surface area contributed by atoms with E-state index in [0.717, 1.165) is 30.8 Å². The van der Waals surface area contributed by atoms with Crippen LogP contribution in [0.15, 0.2) is 6.33 Å². The Labute approximate surface area is 113 Å². The van der Waals surface area contributed by atoms with Crippen LogP contribution in [0.4, 0.5) is 5.82 Å².